The van der Waals surface area contributed by atoms with Crippen LogP contribution in [0.4, 0.5) is 5.82 Å². The van der Waals surface area contributed by atoms with E-state index in [1.165, 1.54) is 33.5 Å². The van der Waals surface area contributed by atoms with E-state index in [9.17, 15) is 0 Å². The Bertz CT molecular complexity index is 939. The fraction of sp³-hybridized carbons (Fsp3) is 0.550. The summed E-state index contributed by atoms with van der Waals surface area (Å²) in [5.41, 5.74) is 1.28. The third-order valence-corrected chi connectivity index (χ3v) is 7.71. The zero-order valence-electron chi connectivity index (χ0n) is 16.5. The minimum atomic E-state index is 0.132. The highest BCUT2D eigenvalue weighted by Gasteiger charge is 2.20. The topological polar surface area (TPSA) is 53.9 Å². The molecule has 1 fully saturated rings. The molecule has 4 rings (SSSR count). The molecule has 1 N–H and O–H groups in total. The summed E-state index contributed by atoms with van der Waals surface area (Å²) in [6.45, 7) is 11.8. The average molecular weight is 402 g/mol. The van der Waals surface area contributed by atoms with Crippen molar-refractivity contribution in [3.05, 3.63) is 32.3 Å². The van der Waals surface area contributed by atoms with Gasteiger partial charge in [0.05, 0.1) is 18.0 Å². The predicted molar refractivity (Wildman–Crippen MR) is 115 cm³/mol. The number of fused-ring (bicyclic) bond motifs is 1. The molecule has 1 aliphatic rings. The van der Waals surface area contributed by atoms with Gasteiger partial charge in [-0.2, -0.15) is 0 Å². The Kier molecular flexibility index (Phi) is 5.43. The normalized spacial score (nSPS) is 16.3. The van der Waals surface area contributed by atoms with Crippen molar-refractivity contribution in [2.75, 3.05) is 18.4 Å². The number of hydrogen-bond donors (Lipinski definition) is 1. The average Bonchev–Trinajstić information content (AvgIpc) is 3.37. The quantitative estimate of drug-likeness (QED) is 0.623. The third-order valence-electron chi connectivity index (χ3n) is 5.28. The molecule has 144 valence electrons. The van der Waals surface area contributed by atoms with Crippen molar-refractivity contribution in [1.29, 1.82) is 0 Å². The van der Waals surface area contributed by atoms with Crippen LogP contribution in [0, 0.1) is 13.8 Å². The first-order valence-corrected chi connectivity index (χ1v) is 11.4. The summed E-state index contributed by atoms with van der Waals surface area (Å²) in [7, 11) is 0. The van der Waals surface area contributed by atoms with Crippen molar-refractivity contribution in [1.82, 2.24) is 19.9 Å². The Morgan fingerprint density at radius 3 is 2.67 bits per heavy atom. The van der Waals surface area contributed by atoms with Gasteiger partial charge in [-0.1, -0.05) is 6.92 Å². The summed E-state index contributed by atoms with van der Waals surface area (Å²) < 4.78 is 0. The summed E-state index contributed by atoms with van der Waals surface area (Å²) in [5.74, 6) is 1.88. The number of aromatic nitrogens is 3. The molecule has 3 aromatic rings. The van der Waals surface area contributed by atoms with Crippen molar-refractivity contribution < 1.29 is 0 Å². The van der Waals surface area contributed by atoms with Crippen LogP contribution in [0.25, 0.3) is 10.2 Å². The Balaban J connectivity index is 1.67. The number of aryl methyl sites for hydroxylation is 3. The molecule has 0 saturated carbocycles. The highest BCUT2D eigenvalue weighted by molar-refractivity contribution is 7.18. The van der Waals surface area contributed by atoms with Gasteiger partial charge < -0.3 is 5.32 Å². The van der Waals surface area contributed by atoms with E-state index in [0.29, 0.717) is 0 Å². The number of nitrogens with zero attached hydrogens (tertiary/aromatic N) is 4. The zero-order valence-corrected chi connectivity index (χ0v) is 18.1. The van der Waals surface area contributed by atoms with E-state index in [1.807, 2.05) is 6.20 Å². The number of thiophene rings is 1. The van der Waals surface area contributed by atoms with Crippen LogP contribution in [-0.4, -0.2) is 32.9 Å². The molecule has 0 aliphatic carbocycles. The van der Waals surface area contributed by atoms with Gasteiger partial charge in [-0.25, -0.2) is 15.0 Å². The maximum absolute atomic E-state index is 4.95. The zero-order chi connectivity index (χ0) is 19.0. The molecule has 0 bridgehead atoms. The molecule has 5 nitrogen and oxygen atoms in total. The maximum atomic E-state index is 4.95. The smallest absolute Gasteiger partial charge is 0.146 e. The fourth-order valence-electron chi connectivity index (χ4n) is 3.56. The number of rotatable bonds is 6. The molecule has 1 unspecified atom stereocenters. The van der Waals surface area contributed by atoms with Gasteiger partial charge >= 0.3 is 0 Å². The fourth-order valence-corrected chi connectivity index (χ4v) is 5.47. The molecular formula is C20H27N5S2. The molecular weight excluding hydrogens is 374 g/mol. The SMILES string of the molecule is CCc1cnc(C(C)Nc2nc(CN3CCCC3)nc3sc(C)c(C)c23)s1. The van der Waals surface area contributed by atoms with Gasteiger partial charge in [-0.3, -0.25) is 4.90 Å². The minimum Gasteiger partial charge on any atom is -0.360 e. The van der Waals surface area contributed by atoms with Crippen molar-refractivity contribution in [3.63, 3.8) is 0 Å². The molecule has 27 heavy (non-hydrogen) atoms. The highest BCUT2D eigenvalue weighted by Crippen LogP contribution is 2.35. The van der Waals surface area contributed by atoms with Crippen molar-refractivity contribution in [3.8, 4) is 0 Å². The molecule has 7 heteroatoms. The first kappa shape index (κ1) is 18.8. The number of likely N-dealkylation sites (tertiary alicyclic amines) is 1. The Morgan fingerprint density at radius 2 is 1.96 bits per heavy atom. The molecule has 1 aliphatic heterocycles. The van der Waals surface area contributed by atoms with E-state index in [0.717, 1.165) is 47.5 Å². The van der Waals surface area contributed by atoms with E-state index < -0.39 is 0 Å². The first-order valence-electron chi connectivity index (χ1n) is 9.75. The van der Waals surface area contributed by atoms with Crippen LogP contribution >= 0.6 is 22.7 Å². The monoisotopic (exact) mass is 401 g/mol. The number of thiazole rings is 1. The lowest BCUT2D eigenvalue weighted by Gasteiger charge is -2.17. The van der Waals surface area contributed by atoms with Crippen LogP contribution < -0.4 is 5.32 Å². The van der Waals surface area contributed by atoms with Gasteiger partial charge in [0.15, 0.2) is 0 Å². The number of nitrogens with one attached hydrogen (secondary N) is 1. The van der Waals surface area contributed by atoms with E-state index in [4.69, 9.17) is 9.97 Å². The maximum Gasteiger partial charge on any atom is 0.146 e. The summed E-state index contributed by atoms with van der Waals surface area (Å²) in [6.07, 6.45) is 5.59. The predicted octanol–water partition coefficient (Wildman–Crippen LogP) is 5.10. The summed E-state index contributed by atoms with van der Waals surface area (Å²) >= 11 is 3.56. The lowest BCUT2D eigenvalue weighted by atomic mass is 10.2. The van der Waals surface area contributed by atoms with E-state index in [-0.39, 0.29) is 6.04 Å². The number of anilines is 1. The second-order valence-electron chi connectivity index (χ2n) is 7.32. The molecule has 1 saturated heterocycles. The first-order chi connectivity index (χ1) is 13.0. The standard InChI is InChI=1S/C20H27N5S2/c1-5-15-10-21-19(27-15)13(3)22-18-17-12(2)14(4)26-20(17)24-16(23-18)11-25-8-6-7-9-25/h10,13H,5-9,11H2,1-4H3,(H,22,23,24). The van der Waals surface area contributed by atoms with Crippen molar-refractivity contribution in [2.24, 2.45) is 0 Å². The molecule has 0 aromatic carbocycles. The summed E-state index contributed by atoms with van der Waals surface area (Å²) in [4.78, 5) is 20.6. The van der Waals surface area contributed by atoms with E-state index in [2.05, 4.69) is 42.9 Å². The van der Waals surface area contributed by atoms with Gasteiger partial charge in [0.2, 0.25) is 0 Å². The van der Waals surface area contributed by atoms with Gasteiger partial charge in [0.1, 0.15) is 21.5 Å². The summed E-state index contributed by atoms with van der Waals surface area (Å²) in [5, 5.41) is 5.93. The second-order valence-corrected chi connectivity index (χ2v) is 9.67. The van der Waals surface area contributed by atoms with Crippen LogP contribution in [0.15, 0.2) is 6.20 Å². The Labute approximate surface area is 168 Å². The lowest BCUT2D eigenvalue weighted by Crippen LogP contribution is -2.20. The second kappa shape index (κ2) is 7.81. The molecule has 0 radical (unpaired) electrons. The van der Waals surface area contributed by atoms with Gasteiger partial charge in [-0.05, 0) is 58.7 Å². The molecule has 3 aromatic heterocycles. The van der Waals surface area contributed by atoms with Crippen LogP contribution in [0.2, 0.25) is 0 Å². The van der Waals surface area contributed by atoms with Crippen LogP contribution in [0.1, 0.15) is 58.9 Å². The van der Waals surface area contributed by atoms with E-state index >= 15 is 0 Å². The Hall–Kier alpha value is -1.57. The minimum absolute atomic E-state index is 0.132. The molecule has 1 atom stereocenters. The third kappa shape index (κ3) is 3.86. The lowest BCUT2D eigenvalue weighted by molar-refractivity contribution is 0.323. The van der Waals surface area contributed by atoms with Crippen molar-refractivity contribution >= 4 is 38.7 Å². The molecule has 4 heterocycles. The van der Waals surface area contributed by atoms with Crippen LogP contribution in [0.5, 0.6) is 0 Å². The van der Waals surface area contributed by atoms with Crippen LogP contribution in [0.3, 0.4) is 0 Å². The largest absolute Gasteiger partial charge is 0.360 e. The van der Waals surface area contributed by atoms with Gasteiger partial charge in [-0.15, -0.1) is 22.7 Å². The summed E-state index contributed by atoms with van der Waals surface area (Å²) in [6, 6.07) is 0.132. The van der Waals surface area contributed by atoms with Gasteiger partial charge in [0.25, 0.3) is 0 Å². The number of hydrogen-bond acceptors (Lipinski definition) is 7. The van der Waals surface area contributed by atoms with Crippen molar-refractivity contribution in [2.45, 2.75) is 59.5 Å². The molecule has 0 amide bonds. The highest BCUT2D eigenvalue weighted by atomic mass is 32.1. The van der Waals surface area contributed by atoms with Crippen LogP contribution in [-0.2, 0) is 13.0 Å². The Morgan fingerprint density at radius 1 is 1.19 bits per heavy atom. The van der Waals surface area contributed by atoms with E-state index in [1.54, 1.807) is 22.7 Å². The van der Waals surface area contributed by atoms with Gasteiger partial charge in [0, 0.05) is 16.0 Å². The molecule has 0 spiro atoms.